The van der Waals surface area contributed by atoms with Crippen molar-refractivity contribution < 1.29 is 9.53 Å². The van der Waals surface area contributed by atoms with E-state index in [4.69, 9.17) is 4.74 Å². The third-order valence-electron chi connectivity index (χ3n) is 2.83. The summed E-state index contributed by atoms with van der Waals surface area (Å²) < 4.78 is 5.62. The van der Waals surface area contributed by atoms with Crippen LogP contribution in [0.5, 0.6) is 5.75 Å². The fourth-order valence-electron chi connectivity index (χ4n) is 1.80. The van der Waals surface area contributed by atoms with Gasteiger partial charge in [0.2, 0.25) is 0 Å². The van der Waals surface area contributed by atoms with E-state index in [-0.39, 0.29) is 0 Å². The number of carbonyl (C=O) groups is 1. The van der Waals surface area contributed by atoms with Crippen molar-refractivity contribution in [1.82, 2.24) is 0 Å². The molecular weight excluding hydrogens is 224 g/mol. The summed E-state index contributed by atoms with van der Waals surface area (Å²) in [5.41, 5.74) is 1.10. The van der Waals surface area contributed by atoms with E-state index in [9.17, 15) is 4.79 Å². The number of hydrogen-bond donors (Lipinski definition) is 0. The molecule has 0 unspecified atom stereocenters. The van der Waals surface area contributed by atoms with Gasteiger partial charge in [-0.05, 0) is 30.4 Å². The summed E-state index contributed by atoms with van der Waals surface area (Å²) in [5.74, 6) is 0.787. The highest BCUT2D eigenvalue weighted by atomic mass is 16.5. The monoisotopic (exact) mass is 248 g/mol. The molecule has 2 heteroatoms. The molecule has 0 saturated heterocycles. The second-order valence-electron chi connectivity index (χ2n) is 5.91. The van der Waals surface area contributed by atoms with Crippen molar-refractivity contribution in [2.24, 2.45) is 5.41 Å². The normalized spacial score (nSPS) is 11.3. The average Bonchev–Trinajstić information content (AvgIpc) is 2.32. The molecule has 0 aliphatic carbocycles. The first-order valence-electron chi connectivity index (χ1n) is 6.69. The largest absolute Gasteiger partial charge is 0.494 e. The van der Waals surface area contributed by atoms with Gasteiger partial charge in [-0.1, -0.05) is 45.7 Å². The molecule has 0 aliphatic rings. The Bertz CT molecular complexity index is 364. The van der Waals surface area contributed by atoms with Crippen molar-refractivity contribution in [2.75, 3.05) is 6.61 Å². The Morgan fingerprint density at radius 3 is 2.61 bits per heavy atom. The molecule has 0 radical (unpaired) electrons. The van der Waals surface area contributed by atoms with Gasteiger partial charge in [0.25, 0.3) is 0 Å². The molecular formula is C16H24O2. The zero-order valence-corrected chi connectivity index (χ0v) is 11.7. The predicted molar refractivity (Wildman–Crippen MR) is 75.2 cm³/mol. The minimum absolute atomic E-state index is 0.430. The Kier molecular flexibility index (Phi) is 5.90. The highest BCUT2D eigenvalue weighted by molar-refractivity contribution is 5.75. The van der Waals surface area contributed by atoms with E-state index < -0.39 is 0 Å². The lowest BCUT2D eigenvalue weighted by molar-refractivity contribution is 0.112. The van der Waals surface area contributed by atoms with Gasteiger partial charge >= 0.3 is 0 Å². The summed E-state index contributed by atoms with van der Waals surface area (Å²) >= 11 is 0. The Labute approximate surface area is 110 Å². The highest BCUT2D eigenvalue weighted by Crippen LogP contribution is 2.22. The lowest BCUT2D eigenvalue weighted by atomic mass is 9.89. The fourth-order valence-corrected chi connectivity index (χ4v) is 1.80. The summed E-state index contributed by atoms with van der Waals surface area (Å²) in [5, 5.41) is 0. The first-order valence-corrected chi connectivity index (χ1v) is 6.69. The Hall–Kier alpha value is -1.31. The van der Waals surface area contributed by atoms with Crippen LogP contribution in [-0.4, -0.2) is 12.9 Å². The molecule has 0 aromatic heterocycles. The van der Waals surface area contributed by atoms with Crippen molar-refractivity contribution in [3.05, 3.63) is 29.8 Å². The molecule has 0 fully saturated rings. The van der Waals surface area contributed by atoms with Crippen LogP contribution in [0.1, 0.15) is 56.8 Å². The molecule has 0 amide bonds. The molecule has 0 spiro atoms. The number of rotatable bonds is 7. The van der Waals surface area contributed by atoms with Gasteiger partial charge in [-0.15, -0.1) is 0 Å². The maximum Gasteiger partial charge on any atom is 0.150 e. The van der Waals surface area contributed by atoms with Crippen LogP contribution in [-0.2, 0) is 0 Å². The lowest BCUT2D eigenvalue weighted by Crippen LogP contribution is -2.05. The smallest absolute Gasteiger partial charge is 0.150 e. The number of ether oxygens (including phenoxy) is 1. The number of carbonyl (C=O) groups excluding carboxylic acids is 1. The van der Waals surface area contributed by atoms with E-state index in [0.717, 1.165) is 25.1 Å². The molecule has 0 heterocycles. The van der Waals surface area contributed by atoms with Crippen molar-refractivity contribution in [1.29, 1.82) is 0 Å². The van der Waals surface area contributed by atoms with Crippen molar-refractivity contribution in [3.8, 4) is 5.75 Å². The molecule has 0 saturated carbocycles. The number of hydrogen-bond acceptors (Lipinski definition) is 2. The molecule has 100 valence electrons. The summed E-state index contributed by atoms with van der Waals surface area (Å²) in [6, 6.07) is 7.30. The van der Waals surface area contributed by atoms with Gasteiger partial charge in [-0.3, -0.25) is 4.79 Å². The third kappa shape index (κ3) is 6.43. The van der Waals surface area contributed by atoms with E-state index in [0.29, 0.717) is 11.0 Å². The molecule has 0 aliphatic heterocycles. The topological polar surface area (TPSA) is 26.3 Å². The molecule has 1 aromatic rings. The van der Waals surface area contributed by atoms with Gasteiger partial charge in [0, 0.05) is 5.56 Å². The van der Waals surface area contributed by atoms with E-state index in [2.05, 4.69) is 20.8 Å². The van der Waals surface area contributed by atoms with E-state index in [1.165, 1.54) is 19.3 Å². The molecule has 0 atom stereocenters. The SMILES string of the molecule is CC(C)(C)CCCCCOc1cccc(C=O)c1. The third-order valence-corrected chi connectivity index (χ3v) is 2.83. The van der Waals surface area contributed by atoms with Gasteiger partial charge in [0.05, 0.1) is 6.61 Å². The standard InChI is InChI=1S/C16H24O2/c1-16(2,3)10-5-4-6-11-18-15-9-7-8-14(12-15)13-17/h7-9,12-13H,4-6,10-11H2,1-3H3. The van der Waals surface area contributed by atoms with E-state index in [1.54, 1.807) is 12.1 Å². The predicted octanol–water partition coefficient (Wildman–Crippen LogP) is 4.48. The van der Waals surface area contributed by atoms with Gasteiger partial charge in [0.15, 0.2) is 0 Å². The Morgan fingerprint density at radius 1 is 1.17 bits per heavy atom. The summed E-state index contributed by atoms with van der Waals surface area (Å²) in [6.45, 7) is 7.55. The maximum absolute atomic E-state index is 10.6. The van der Waals surface area contributed by atoms with Crippen LogP contribution in [0.15, 0.2) is 24.3 Å². The first-order chi connectivity index (χ1) is 8.51. The van der Waals surface area contributed by atoms with Crippen LogP contribution in [0.3, 0.4) is 0 Å². The average molecular weight is 248 g/mol. The van der Waals surface area contributed by atoms with E-state index in [1.807, 2.05) is 12.1 Å². The molecule has 18 heavy (non-hydrogen) atoms. The second-order valence-corrected chi connectivity index (χ2v) is 5.91. The molecule has 1 rings (SSSR count). The minimum Gasteiger partial charge on any atom is -0.494 e. The van der Waals surface area contributed by atoms with Gasteiger partial charge in [-0.2, -0.15) is 0 Å². The number of aldehydes is 1. The Morgan fingerprint density at radius 2 is 1.94 bits per heavy atom. The van der Waals surface area contributed by atoms with Crippen LogP contribution < -0.4 is 4.74 Å². The highest BCUT2D eigenvalue weighted by Gasteiger charge is 2.08. The van der Waals surface area contributed by atoms with Crippen molar-refractivity contribution >= 4 is 6.29 Å². The molecule has 0 bridgehead atoms. The van der Waals surface area contributed by atoms with Crippen LogP contribution in [0, 0.1) is 5.41 Å². The molecule has 0 N–H and O–H groups in total. The van der Waals surface area contributed by atoms with Crippen LogP contribution in [0.4, 0.5) is 0 Å². The molecule has 2 nitrogen and oxygen atoms in total. The lowest BCUT2D eigenvalue weighted by Gasteiger charge is -2.17. The first kappa shape index (κ1) is 14.7. The van der Waals surface area contributed by atoms with Gasteiger partial charge < -0.3 is 4.74 Å². The molecule has 1 aromatic carbocycles. The zero-order chi connectivity index (χ0) is 13.4. The number of benzene rings is 1. The van der Waals surface area contributed by atoms with Crippen LogP contribution in [0.25, 0.3) is 0 Å². The van der Waals surface area contributed by atoms with E-state index >= 15 is 0 Å². The Balaban J connectivity index is 2.16. The maximum atomic E-state index is 10.6. The number of unbranched alkanes of at least 4 members (excludes halogenated alkanes) is 2. The van der Waals surface area contributed by atoms with Crippen LogP contribution >= 0.6 is 0 Å². The summed E-state index contributed by atoms with van der Waals surface area (Å²) in [7, 11) is 0. The quantitative estimate of drug-likeness (QED) is 0.525. The van der Waals surface area contributed by atoms with Crippen LogP contribution in [0.2, 0.25) is 0 Å². The fraction of sp³-hybridized carbons (Fsp3) is 0.562. The van der Waals surface area contributed by atoms with Crippen molar-refractivity contribution in [2.45, 2.75) is 46.5 Å². The summed E-state index contributed by atoms with van der Waals surface area (Å²) in [6.07, 6.45) is 5.62. The van der Waals surface area contributed by atoms with Crippen molar-refractivity contribution in [3.63, 3.8) is 0 Å². The van der Waals surface area contributed by atoms with Gasteiger partial charge in [-0.25, -0.2) is 0 Å². The zero-order valence-electron chi connectivity index (χ0n) is 11.7. The second kappa shape index (κ2) is 7.20. The summed E-state index contributed by atoms with van der Waals surface area (Å²) in [4.78, 5) is 10.6. The minimum atomic E-state index is 0.430. The van der Waals surface area contributed by atoms with Gasteiger partial charge in [0.1, 0.15) is 12.0 Å².